The third-order valence-corrected chi connectivity index (χ3v) is 4.62. The van der Waals surface area contributed by atoms with Crippen LogP contribution >= 0.6 is 0 Å². The van der Waals surface area contributed by atoms with Crippen LogP contribution < -0.4 is 10.1 Å². The Balaban J connectivity index is 1.89. The average molecular weight is 375 g/mol. The molecule has 0 aliphatic carbocycles. The van der Waals surface area contributed by atoms with Gasteiger partial charge in [0.2, 0.25) is 5.91 Å². The molecule has 2 aromatic carbocycles. The number of hydrogen-bond acceptors (Lipinski definition) is 5. The molecule has 0 bridgehead atoms. The predicted octanol–water partition coefficient (Wildman–Crippen LogP) is 3.63. The van der Waals surface area contributed by atoms with Gasteiger partial charge in [-0.25, -0.2) is 0 Å². The zero-order valence-electron chi connectivity index (χ0n) is 16.0. The summed E-state index contributed by atoms with van der Waals surface area (Å²) in [5, 5.41) is 12.1. The molecule has 7 nitrogen and oxygen atoms in total. The van der Waals surface area contributed by atoms with Crippen LogP contribution in [-0.2, 0) is 11.3 Å². The van der Waals surface area contributed by atoms with E-state index in [-0.39, 0.29) is 17.8 Å². The second-order valence-corrected chi connectivity index (χ2v) is 6.91. The van der Waals surface area contributed by atoms with E-state index < -0.39 is 0 Å². The summed E-state index contributed by atoms with van der Waals surface area (Å²) in [5.74, 6) is 0.632. The van der Waals surface area contributed by atoms with E-state index in [1.165, 1.54) is 0 Å². The highest BCUT2D eigenvalue weighted by molar-refractivity contribution is 6.05. The number of amides is 1. The van der Waals surface area contributed by atoms with E-state index >= 15 is 0 Å². The van der Waals surface area contributed by atoms with Crippen molar-refractivity contribution in [1.82, 2.24) is 19.7 Å². The quantitative estimate of drug-likeness (QED) is 0.576. The first-order chi connectivity index (χ1) is 13.6. The summed E-state index contributed by atoms with van der Waals surface area (Å²) in [6.07, 6.45) is 0. The highest BCUT2D eigenvalue weighted by atomic mass is 16.5. The van der Waals surface area contributed by atoms with Gasteiger partial charge in [-0.05, 0) is 23.8 Å². The summed E-state index contributed by atoms with van der Waals surface area (Å²) >= 11 is 0. The fraction of sp³-hybridized carbons (Fsp3) is 0.238. The Hall–Kier alpha value is -3.48. The van der Waals surface area contributed by atoms with Crippen LogP contribution in [0.5, 0.6) is 5.75 Å². The Labute approximate surface area is 162 Å². The van der Waals surface area contributed by atoms with Crippen molar-refractivity contribution in [3.63, 3.8) is 0 Å². The molecule has 1 amide bonds. The first-order valence-electron chi connectivity index (χ1n) is 9.12. The van der Waals surface area contributed by atoms with Gasteiger partial charge >= 0.3 is 0 Å². The van der Waals surface area contributed by atoms with E-state index in [4.69, 9.17) is 4.74 Å². The number of ether oxygens (including phenoxy) is 1. The maximum Gasteiger partial charge on any atom is 0.251 e. The SMILES string of the molecule is COc1ccc2c(c1)c1nnc(NC(=O)C(C)C)nc1n2Cc1ccccc1. The Morgan fingerprint density at radius 2 is 1.93 bits per heavy atom. The van der Waals surface area contributed by atoms with Crippen LogP contribution in [0, 0.1) is 5.92 Å². The van der Waals surface area contributed by atoms with Crippen molar-refractivity contribution in [3.8, 4) is 5.75 Å². The highest BCUT2D eigenvalue weighted by Crippen LogP contribution is 2.30. The minimum atomic E-state index is -0.168. The number of benzene rings is 2. The number of nitrogens with zero attached hydrogens (tertiary/aromatic N) is 4. The van der Waals surface area contributed by atoms with Gasteiger partial charge in [0.25, 0.3) is 5.95 Å². The summed E-state index contributed by atoms with van der Waals surface area (Å²) in [7, 11) is 1.63. The minimum Gasteiger partial charge on any atom is -0.497 e. The van der Waals surface area contributed by atoms with E-state index in [0.717, 1.165) is 22.2 Å². The molecular formula is C21H21N5O2. The van der Waals surface area contributed by atoms with Crippen molar-refractivity contribution in [2.24, 2.45) is 5.92 Å². The molecule has 2 heterocycles. The Kier molecular flexibility index (Phi) is 4.65. The van der Waals surface area contributed by atoms with E-state index in [2.05, 4.69) is 37.2 Å². The van der Waals surface area contributed by atoms with Gasteiger partial charge in [0.05, 0.1) is 12.6 Å². The number of hydrogen-bond donors (Lipinski definition) is 1. The normalized spacial score (nSPS) is 11.3. The van der Waals surface area contributed by atoms with Crippen LogP contribution in [0.15, 0.2) is 48.5 Å². The third kappa shape index (κ3) is 3.26. The lowest BCUT2D eigenvalue weighted by atomic mass is 10.2. The standard InChI is InChI=1S/C21H21N5O2/c1-13(2)20(27)23-21-22-19-18(24-25-21)16-11-15(28-3)9-10-17(16)26(19)12-14-7-5-4-6-8-14/h4-11,13H,12H2,1-3H3,(H,22,23,25,27). The lowest BCUT2D eigenvalue weighted by Crippen LogP contribution is -2.20. The molecule has 2 aromatic heterocycles. The van der Waals surface area contributed by atoms with E-state index in [1.54, 1.807) is 7.11 Å². The summed E-state index contributed by atoms with van der Waals surface area (Å²) in [6, 6.07) is 16.0. The molecular weight excluding hydrogens is 354 g/mol. The van der Waals surface area contributed by atoms with Gasteiger partial charge in [0, 0.05) is 17.8 Å². The molecule has 0 aliphatic heterocycles. The van der Waals surface area contributed by atoms with Gasteiger partial charge in [0.1, 0.15) is 11.3 Å². The van der Waals surface area contributed by atoms with Crippen molar-refractivity contribution < 1.29 is 9.53 Å². The van der Waals surface area contributed by atoms with Crippen molar-refractivity contribution in [2.75, 3.05) is 12.4 Å². The van der Waals surface area contributed by atoms with Gasteiger partial charge < -0.3 is 9.30 Å². The van der Waals surface area contributed by atoms with Crippen molar-refractivity contribution in [1.29, 1.82) is 0 Å². The van der Waals surface area contributed by atoms with Crippen molar-refractivity contribution in [2.45, 2.75) is 20.4 Å². The van der Waals surface area contributed by atoms with Crippen molar-refractivity contribution >= 4 is 33.9 Å². The van der Waals surface area contributed by atoms with E-state index in [1.807, 2.05) is 50.2 Å². The first-order valence-corrected chi connectivity index (χ1v) is 9.12. The van der Waals surface area contributed by atoms with Gasteiger partial charge in [-0.1, -0.05) is 44.2 Å². The summed E-state index contributed by atoms with van der Waals surface area (Å²) in [6.45, 7) is 4.27. The smallest absolute Gasteiger partial charge is 0.251 e. The maximum absolute atomic E-state index is 12.0. The maximum atomic E-state index is 12.0. The number of carbonyl (C=O) groups is 1. The highest BCUT2D eigenvalue weighted by Gasteiger charge is 2.17. The fourth-order valence-electron chi connectivity index (χ4n) is 3.10. The summed E-state index contributed by atoms with van der Waals surface area (Å²) in [5.41, 5.74) is 3.46. The van der Waals surface area contributed by atoms with Gasteiger partial charge in [-0.2, -0.15) is 4.98 Å². The number of rotatable bonds is 5. The minimum absolute atomic E-state index is 0.145. The molecule has 4 rings (SSSR count). The molecule has 142 valence electrons. The predicted molar refractivity (Wildman–Crippen MR) is 108 cm³/mol. The molecule has 0 fully saturated rings. The second-order valence-electron chi connectivity index (χ2n) is 6.91. The van der Waals surface area contributed by atoms with E-state index in [0.29, 0.717) is 17.7 Å². The monoisotopic (exact) mass is 375 g/mol. The number of nitrogens with one attached hydrogen (secondary N) is 1. The number of carbonyl (C=O) groups excluding carboxylic acids is 1. The van der Waals surface area contributed by atoms with Crippen LogP contribution in [0.3, 0.4) is 0 Å². The molecule has 0 saturated carbocycles. The zero-order chi connectivity index (χ0) is 19.7. The molecule has 28 heavy (non-hydrogen) atoms. The Morgan fingerprint density at radius 3 is 2.64 bits per heavy atom. The zero-order valence-corrected chi connectivity index (χ0v) is 16.0. The molecule has 7 heteroatoms. The molecule has 0 spiro atoms. The number of aromatic nitrogens is 4. The lowest BCUT2D eigenvalue weighted by molar-refractivity contribution is -0.118. The average Bonchev–Trinajstić information content (AvgIpc) is 3.01. The third-order valence-electron chi connectivity index (χ3n) is 4.62. The topological polar surface area (TPSA) is 81.9 Å². The van der Waals surface area contributed by atoms with Gasteiger partial charge in [-0.3, -0.25) is 10.1 Å². The van der Waals surface area contributed by atoms with Crippen LogP contribution in [0.4, 0.5) is 5.95 Å². The number of methoxy groups -OCH3 is 1. The van der Waals surface area contributed by atoms with Gasteiger partial charge in [0.15, 0.2) is 5.65 Å². The van der Waals surface area contributed by atoms with Crippen LogP contribution in [0.1, 0.15) is 19.4 Å². The second kappa shape index (κ2) is 7.26. The largest absolute Gasteiger partial charge is 0.497 e. The lowest BCUT2D eigenvalue weighted by Gasteiger charge is -2.08. The molecule has 0 radical (unpaired) electrons. The molecule has 0 saturated heterocycles. The first kappa shape index (κ1) is 17.9. The number of anilines is 1. The van der Waals surface area contributed by atoms with Gasteiger partial charge in [-0.15, -0.1) is 10.2 Å². The molecule has 0 aliphatic rings. The molecule has 0 unspecified atom stereocenters. The summed E-state index contributed by atoms with van der Waals surface area (Å²) < 4.78 is 7.45. The number of fused-ring (bicyclic) bond motifs is 3. The Morgan fingerprint density at radius 1 is 1.14 bits per heavy atom. The van der Waals surface area contributed by atoms with Crippen LogP contribution in [-0.4, -0.2) is 32.8 Å². The molecule has 4 aromatic rings. The van der Waals surface area contributed by atoms with E-state index in [9.17, 15) is 4.79 Å². The Bertz CT molecular complexity index is 1150. The van der Waals surface area contributed by atoms with Crippen molar-refractivity contribution in [3.05, 3.63) is 54.1 Å². The molecule has 0 atom stereocenters. The summed E-state index contributed by atoms with van der Waals surface area (Å²) in [4.78, 5) is 16.6. The fourth-order valence-corrected chi connectivity index (χ4v) is 3.10. The van der Waals surface area contributed by atoms with Crippen LogP contribution in [0.25, 0.3) is 22.1 Å². The van der Waals surface area contributed by atoms with Crippen LogP contribution in [0.2, 0.25) is 0 Å². The molecule has 1 N–H and O–H groups in total.